The van der Waals surface area contributed by atoms with Gasteiger partial charge in [-0.25, -0.2) is 12.8 Å². The molecule has 2 aromatic carbocycles. The van der Waals surface area contributed by atoms with Crippen molar-refractivity contribution in [2.24, 2.45) is 0 Å². The molecule has 4 aromatic rings. The van der Waals surface area contributed by atoms with Gasteiger partial charge in [0, 0.05) is 4.88 Å². The van der Waals surface area contributed by atoms with Crippen molar-refractivity contribution in [3.8, 4) is 5.75 Å². The lowest BCUT2D eigenvalue weighted by molar-refractivity contribution is 0.477. The van der Waals surface area contributed by atoms with Crippen LogP contribution in [0.25, 0.3) is 15.9 Å². The van der Waals surface area contributed by atoms with E-state index in [4.69, 9.17) is 0 Å². The SMILES string of the molecule is Cc1ccc2c(c1)S(=O)(=O)C=C(c1c(O)c3cc(C)sc3n(Cc3ccc(F)cc3)c1=O)N2. The second-order valence-corrected chi connectivity index (χ2v) is 11.0. The average Bonchev–Trinajstić information content (AvgIpc) is 3.15. The van der Waals surface area contributed by atoms with Crippen molar-refractivity contribution in [2.45, 2.75) is 25.3 Å². The number of anilines is 1. The average molecular weight is 483 g/mol. The number of benzene rings is 2. The van der Waals surface area contributed by atoms with Gasteiger partial charge in [0.25, 0.3) is 5.56 Å². The molecule has 1 aliphatic heterocycles. The van der Waals surface area contributed by atoms with E-state index in [1.165, 1.54) is 28.0 Å². The number of aromatic hydroxyl groups is 1. The van der Waals surface area contributed by atoms with Gasteiger partial charge in [0.05, 0.1) is 33.6 Å². The number of thiophene rings is 1. The molecule has 5 rings (SSSR count). The molecule has 6 nitrogen and oxygen atoms in total. The van der Waals surface area contributed by atoms with E-state index in [0.717, 1.165) is 15.8 Å². The Labute approximate surface area is 193 Å². The van der Waals surface area contributed by atoms with Crippen LogP contribution in [0.2, 0.25) is 0 Å². The molecule has 3 heterocycles. The molecular weight excluding hydrogens is 463 g/mol. The summed E-state index contributed by atoms with van der Waals surface area (Å²) in [6, 6.07) is 12.5. The van der Waals surface area contributed by atoms with Gasteiger partial charge >= 0.3 is 0 Å². The molecule has 0 fully saturated rings. The number of fused-ring (bicyclic) bond motifs is 2. The molecule has 0 radical (unpaired) electrons. The van der Waals surface area contributed by atoms with Gasteiger partial charge in [-0.1, -0.05) is 18.2 Å². The van der Waals surface area contributed by atoms with Crippen LogP contribution in [-0.2, 0) is 16.4 Å². The maximum atomic E-state index is 13.6. The van der Waals surface area contributed by atoms with Gasteiger partial charge in [-0.2, -0.15) is 0 Å². The largest absolute Gasteiger partial charge is 0.506 e. The third kappa shape index (κ3) is 3.63. The first-order chi connectivity index (χ1) is 15.6. The summed E-state index contributed by atoms with van der Waals surface area (Å²) in [6.07, 6.45) is 0. The van der Waals surface area contributed by atoms with Crippen LogP contribution in [0.4, 0.5) is 10.1 Å². The predicted molar refractivity (Wildman–Crippen MR) is 128 cm³/mol. The highest BCUT2D eigenvalue weighted by molar-refractivity contribution is 7.94. The van der Waals surface area contributed by atoms with Crippen molar-refractivity contribution in [3.05, 3.63) is 91.7 Å². The molecule has 168 valence electrons. The minimum absolute atomic E-state index is 0.00691. The highest BCUT2D eigenvalue weighted by Gasteiger charge is 2.29. The van der Waals surface area contributed by atoms with E-state index in [0.29, 0.717) is 21.5 Å². The van der Waals surface area contributed by atoms with Crippen LogP contribution in [0.3, 0.4) is 0 Å². The van der Waals surface area contributed by atoms with Crippen molar-refractivity contribution in [1.29, 1.82) is 0 Å². The van der Waals surface area contributed by atoms with Crippen LogP contribution in [0.15, 0.2) is 63.6 Å². The van der Waals surface area contributed by atoms with Crippen LogP contribution in [0, 0.1) is 19.7 Å². The first-order valence-corrected chi connectivity index (χ1v) is 12.5. The molecule has 0 atom stereocenters. The summed E-state index contributed by atoms with van der Waals surface area (Å²) >= 11 is 1.35. The van der Waals surface area contributed by atoms with Gasteiger partial charge in [0.15, 0.2) is 0 Å². The molecule has 0 spiro atoms. The van der Waals surface area contributed by atoms with Crippen molar-refractivity contribution in [3.63, 3.8) is 0 Å². The Balaban J connectivity index is 1.74. The maximum Gasteiger partial charge on any atom is 0.265 e. The fourth-order valence-corrected chi connectivity index (χ4v) is 6.37. The number of pyridine rings is 1. The highest BCUT2D eigenvalue weighted by atomic mass is 32.2. The van der Waals surface area contributed by atoms with Gasteiger partial charge in [-0.15, -0.1) is 11.3 Å². The molecule has 2 N–H and O–H groups in total. The zero-order valence-corrected chi connectivity index (χ0v) is 19.3. The fraction of sp³-hybridized carbons (Fsp3) is 0.125. The van der Waals surface area contributed by atoms with Gasteiger partial charge in [0.2, 0.25) is 9.84 Å². The predicted octanol–water partition coefficient (Wildman–Crippen LogP) is 4.77. The number of nitrogens with one attached hydrogen (secondary N) is 1. The lowest BCUT2D eigenvalue weighted by Crippen LogP contribution is -2.26. The number of nitrogens with zero attached hydrogens (tertiary/aromatic N) is 1. The van der Waals surface area contributed by atoms with E-state index in [-0.39, 0.29) is 34.3 Å². The van der Waals surface area contributed by atoms with Crippen LogP contribution >= 0.6 is 11.3 Å². The van der Waals surface area contributed by atoms with Crippen LogP contribution in [0.1, 0.15) is 21.6 Å². The summed E-state index contributed by atoms with van der Waals surface area (Å²) in [6.45, 7) is 3.79. The summed E-state index contributed by atoms with van der Waals surface area (Å²) in [7, 11) is -3.84. The first-order valence-electron chi connectivity index (χ1n) is 10.1. The van der Waals surface area contributed by atoms with E-state index in [1.807, 2.05) is 6.92 Å². The van der Waals surface area contributed by atoms with Crippen LogP contribution in [0.5, 0.6) is 5.75 Å². The van der Waals surface area contributed by atoms with Crippen molar-refractivity contribution in [1.82, 2.24) is 4.57 Å². The normalized spacial score (nSPS) is 14.6. The molecule has 2 aromatic heterocycles. The highest BCUT2D eigenvalue weighted by Crippen LogP contribution is 2.39. The third-order valence-corrected chi connectivity index (χ3v) is 8.11. The van der Waals surface area contributed by atoms with Gasteiger partial charge in [0.1, 0.15) is 22.0 Å². The zero-order chi connectivity index (χ0) is 23.5. The topological polar surface area (TPSA) is 88.4 Å². The molecule has 0 aliphatic carbocycles. The molecular formula is C24H19FN2O4S2. The molecule has 33 heavy (non-hydrogen) atoms. The van der Waals surface area contributed by atoms with E-state index in [2.05, 4.69) is 5.32 Å². The molecule has 0 unspecified atom stereocenters. The number of hydrogen-bond acceptors (Lipinski definition) is 6. The monoisotopic (exact) mass is 482 g/mol. The summed E-state index contributed by atoms with van der Waals surface area (Å²) in [5, 5.41) is 15.5. The summed E-state index contributed by atoms with van der Waals surface area (Å²) in [4.78, 5) is 15.2. The first kappa shape index (κ1) is 21.4. The Morgan fingerprint density at radius 2 is 1.82 bits per heavy atom. The van der Waals surface area contributed by atoms with Crippen LogP contribution in [-0.4, -0.2) is 18.1 Å². The van der Waals surface area contributed by atoms with Gasteiger partial charge in [-0.05, 0) is 55.3 Å². The Kier molecular flexibility index (Phi) is 4.91. The lowest BCUT2D eigenvalue weighted by Gasteiger charge is -2.21. The standard InChI is InChI=1S/C24H19FN2O4S2/c1-13-3-8-18-20(9-13)33(30,31)12-19(26-18)21-22(28)17-10-14(2)32-24(17)27(23(21)29)11-15-4-6-16(25)7-5-15/h3-10,12,26,28H,11H2,1-2H3. The molecule has 0 amide bonds. The second kappa shape index (κ2) is 7.57. The second-order valence-electron chi connectivity index (χ2n) is 8.02. The summed E-state index contributed by atoms with van der Waals surface area (Å²) < 4.78 is 40.8. The minimum atomic E-state index is -3.84. The van der Waals surface area contributed by atoms with Gasteiger partial charge in [-0.3, -0.25) is 9.36 Å². The minimum Gasteiger partial charge on any atom is -0.506 e. The van der Waals surface area contributed by atoms with Crippen molar-refractivity contribution in [2.75, 3.05) is 5.32 Å². The Morgan fingerprint density at radius 1 is 1.09 bits per heavy atom. The Morgan fingerprint density at radius 3 is 2.55 bits per heavy atom. The molecule has 0 saturated carbocycles. The fourth-order valence-electron chi connectivity index (χ4n) is 3.98. The summed E-state index contributed by atoms with van der Waals surface area (Å²) in [5.41, 5.74) is 1.15. The quantitative estimate of drug-likeness (QED) is 0.439. The van der Waals surface area contributed by atoms with Crippen molar-refractivity contribution >= 4 is 42.8 Å². The third-order valence-electron chi connectivity index (χ3n) is 5.54. The molecule has 0 bridgehead atoms. The van der Waals surface area contributed by atoms with Crippen molar-refractivity contribution < 1.29 is 17.9 Å². The number of rotatable bonds is 3. The number of aryl methyl sites for hydroxylation is 2. The van der Waals surface area contributed by atoms with E-state index < -0.39 is 15.4 Å². The Hall–Kier alpha value is -3.43. The smallest absolute Gasteiger partial charge is 0.265 e. The van der Waals surface area contributed by atoms with Gasteiger partial charge < -0.3 is 10.4 Å². The number of halogens is 1. The van der Waals surface area contributed by atoms with E-state index in [9.17, 15) is 22.7 Å². The molecule has 0 saturated heterocycles. The number of hydrogen-bond donors (Lipinski definition) is 2. The number of aromatic nitrogens is 1. The summed E-state index contributed by atoms with van der Waals surface area (Å²) in [5.74, 6) is -0.663. The Bertz CT molecular complexity index is 1630. The number of sulfone groups is 1. The maximum absolute atomic E-state index is 13.6. The molecule has 1 aliphatic rings. The van der Waals surface area contributed by atoms with E-state index >= 15 is 0 Å². The van der Waals surface area contributed by atoms with Crippen LogP contribution < -0.4 is 10.9 Å². The zero-order valence-electron chi connectivity index (χ0n) is 17.7. The molecule has 9 heteroatoms. The van der Waals surface area contributed by atoms with E-state index in [1.54, 1.807) is 43.3 Å². The lowest BCUT2D eigenvalue weighted by atomic mass is 10.1.